The van der Waals surface area contributed by atoms with Gasteiger partial charge in [0.25, 0.3) is 11.5 Å². The molecule has 3 aromatic carbocycles. The Hall–Kier alpha value is -4.43. The van der Waals surface area contributed by atoms with Crippen molar-refractivity contribution in [3.8, 4) is 5.69 Å². The van der Waals surface area contributed by atoms with Gasteiger partial charge in [-0.3, -0.25) is 14.3 Å². The molecule has 1 saturated heterocycles. The molecule has 1 fully saturated rings. The van der Waals surface area contributed by atoms with Crippen molar-refractivity contribution in [1.29, 1.82) is 0 Å². The van der Waals surface area contributed by atoms with E-state index in [2.05, 4.69) is 5.10 Å². The van der Waals surface area contributed by atoms with Crippen LogP contribution in [0.5, 0.6) is 0 Å². The Kier molecular flexibility index (Phi) is 6.98. The third-order valence-electron chi connectivity index (χ3n) is 6.29. The summed E-state index contributed by atoms with van der Waals surface area (Å²) in [5.74, 6) is -0.297. The van der Waals surface area contributed by atoms with Gasteiger partial charge in [-0.05, 0) is 61.9 Å². The van der Waals surface area contributed by atoms with Crippen molar-refractivity contribution in [1.82, 2.24) is 14.4 Å². The molecule has 7 nitrogen and oxygen atoms in total. The van der Waals surface area contributed by atoms with E-state index in [0.29, 0.717) is 15.8 Å². The average molecular weight is 522 g/mol. The Morgan fingerprint density at radius 1 is 0.789 bits per heavy atom. The van der Waals surface area contributed by atoms with Crippen LogP contribution < -0.4 is 5.56 Å². The van der Waals surface area contributed by atoms with Gasteiger partial charge >= 0.3 is 0 Å². The summed E-state index contributed by atoms with van der Waals surface area (Å²) >= 11 is 1.20. The normalized spacial score (nSPS) is 15.9. The molecule has 4 aromatic rings. The average Bonchev–Trinajstić information content (AvgIpc) is 3.32. The lowest BCUT2D eigenvalue weighted by molar-refractivity contribution is -0.122. The summed E-state index contributed by atoms with van der Waals surface area (Å²) in [5, 5.41) is 6.07. The van der Waals surface area contributed by atoms with Gasteiger partial charge in [-0.2, -0.15) is 10.1 Å². The third-order valence-corrected chi connectivity index (χ3v) is 7.25. The number of benzene rings is 3. The summed E-state index contributed by atoms with van der Waals surface area (Å²) in [4.78, 5) is 32.1. The van der Waals surface area contributed by atoms with E-state index in [9.17, 15) is 9.59 Å². The highest BCUT2D eigenvalue weighted by atomic mass is 32.2. The van der Waals surface area contributed by atoms with Crippen LogP contribution in [0, 0.1) is 20.8 Å². The zero-order chi connectivity index (χ0) is 26.8. The van der Waals surface area contributed by atoms with Crippen LogP contribution in [0.3, 0.4) is 0 Å². The van der Waals surface area contributed by atoms with Gasteiger partial charge in [0.2, 0.25) is 0 Å². The summed E-state index contributed by atoms with van der Waals surface area (Å²) in [6, 6.07) is 25.2. The molecule has 38 heavy (non-hydrogen) atoms. The Morgan fingerprint density at radius 2 is 1.39 bits per heavy atom. The van der Waals surface area contributed by atoms with E-state index < -0.39 is 0 Å². The minimum absolute atomic E-state index is 0.263. The van der Waals surface area contributed by atoms with Gasteiger partial charge in [-0.25, -0.2) is 9.67 Å². The molecule has 8 heteroatoms. The first-order valence-corrected chi connectivity index (χ1v) is 13.0. The van der Waals surface area contributed by atoms with Crippen molar-refractivity contribution < 1.29 is 4.79 Å². The lowest BCUT2D eigenvalue weighted by atomic mass is 10.1. The summed E-state index contributed by atoms with van der Waals surface area (Å²) in [7, 11) is 1.82. The van der Waals surface area contributed by atoms with Gasteiger partial charge in [0.1, 0.15) is 0 Å². The number of aromatic nitrogens is 2. The lowest BCUT2D eigenvalue weighted by Crippen LogP contribution is -2.24. The van der Waals surface area contributed by atoms with Crippen molar-refractivity contribution in [2.24, 2.45) is 17.1 Å². The maximum Gasteiger partial charge on any atom is 0.297 e. The number of nitrogens with zero attached hydrogens (tertiary/aromatic N) is 5. The minimum atomic E-state index is -0.297. The molecule has 1 aromatic heterocycles. The highest BCUT2D eigenvalue weighted by molar-refractivity contribution is 8.18. The number of amides is 1. The quantitative estimate of drug-likeness (QED) is 0.248. The molecule has 0 N–H and O–H groups in total. The summed E-state index contributed by atoms with van der Waals surface area (Å²) in [6.07, 6.45) is 3.45. The van der Waals surface area contributed by atoms with Crippen LogP contribution in [-0.4, -0.2) is 31.7 Å². The van der Waals surface area contributed by atoms with E-state index in [1.807, 2.05) is 113 Å². The van der Waals surface area contributed by atoms with Crippen LogP contribution >= 0.6 is 11.8 Å². The molecular weight excluding hydrogens is 494 g/mol. The number of para-hydroxylation sites is 1. The van der Waals surface area contributed by atoms with Gasteiger partial charge in [0.05, 0.1) is 22.5 Å². The van der Waals surface area contributed by atoms with E-state index in [1.165, 1.54) is 16.8 Å². The van der Waals surface area contributed by atoms with Crippen LogP contribution in [0.1, 0.15) is 27.9 Å². The zero-order valence-electron chi connectivity index (χ0n) is 21.6. The molecular formula is C30H27N5O2S. The zero-order valence-corrected chi connectivity index (χ0v) is 22.4. The molecule has 0 unspecified atom stereocenters. The topological polar surface area (TPSA) is 72.0 Å². The molecule has 5 rings (SSSR count). The Balaban J connectivity index is 1.59. The number of amidine groups is 1. The SMILES string of the molecule is Cc1ccc(/C=N/N2C(=O)/C(=C\c3ccc(C)cc3)SC2=Nc2c(C)n(C)n(-c3ccccc3)c2=O)cc1. The highest BCUT2D eigenvalue weighted by Gasteiger charge is 2.34. The molecule has 190 valence electrons. The largest absolute Gasteiger partial charge is 0.297 e. The molecule has 0 radical (unpaired) electrons. The van der Waals surface area contributed by atoms with Crippen molar-refractivity contribution in [2.75, 3.05) is 0 Å². The summed E-state index contributed by atoms with van der Waals surface area (Å²) in [5.41, 5.74) is 5.43. The fourth-order valence-electron chi connectivity index (χ4n) is 4.01. The summed E-state index contributed by atoms with van der Waals surface area (Å²) in [6.45, 7) is 5.87. The van der Waals surface area contributed by atoms with Gasteiger partial charge in [-0.1, -0.05) is 77.9 Å². The summed E-state index contributed by atoms with van der Waals surface area (Å²) < 4.78 is 3.33. The number of carbonyl (C=O) groups excluding carboxylic acids is 1. The number of aryl methyl sites for hydroxylation is 2. The first-order valence-electron chi connectivity index (χ1n) is 12.2. The van der Waals surface area contributed by atoms with Crippen molar-refractivity contribution in [3.63, 3.8) is 0 Å². The first-order chi connectivity index (χ1) is 18.3. The Labute approximate surface area is 225 Å². The van der Waals surface area contributed by atoms with Crippen molar-refractivity contribution in [3.05, 3.63) is 122 Å². The molecule has 1 aliphatic heterocycles. The monoisotopic (exact) mass is 521 g/mol. The molecule has 0 bridgehead atoms. The minimum Gasteiger partial charge on any atom is -0.283 e. The van der Waals surface area contributed by atoms with Gasteiger partial charge in [0, 0.05) is 7.05 Å². The number of carbonyl (C=O) groups is 1. The van der Waals surface area contributed by atoms with Crippen molar-refractivity contribution in [2.45, 2.75) is 20.8 Å². The molecule has 1 aliphatic rings. The second-order valence-corrected chi connectivity index (χ2v) is 10.1. The highest BCUT2D eigenvalue weighted by Crippen LogP contribution is 2.34. The van der Waals surface area contributed by atoms with Crippen LogP contribution in [0.4, 0.5) is 5.69 Å². The van der Waals surface area contributed by atoms with Crippen LogP contribution in [0.25, 0.3) is 11.8 Å². The van der Waals surface area contributed by atoms with E-state index in [1.54, 1.807) is 15.6 Å². The molecule has 1 amide bonds. The second-order valence-electron chi connectivity index (χ2n) is 9.10. The number of hydrogen-bond donors (Lipinski definition) is 0. The fraction of sp³-hybridized carbons (Fsp3) is 0.133. The molecule has 0 aliphatic carbocycles. The standard InChI is InChI=1S/C30H27N5O2S/c1-20-10-14-23(15-11-20)18-26-28(36)34(31-19-24-16-12-21(2)13-17-24)30(38-26)32-27-22(3)33(4)35(29(27)37)25-8-6-5-7-9-25/h5-19H,1-4H3/b26-18+,31-19+,32-30?. The maximum absolute atomic E-state index is 13.5. The van der Waals surface area contributed by atoms with E-state index in [-0.39, 0.29) is 17.2 Å². The predicted octanol–water partition coefficient (Wildman–Crippen LogP) is 5.74. The number of aliphatic imine (C=N–C) groups is 1. The number of hydrogen-bond acceptors (Lipinski definition) is 5. The van der Waals surface area contributed by atoms with Crippen LogP contribution in [0.2, 0.25) is 0 Å². The van der Waals surface area contributed by atoms with E-state index in [0.717, 1.165) is 27.9 Å². The molecule has 2 heterocycles. The number of hydrazone groups is 1. The lowest BCUT2D eigenvalue weighted by Gasteiger charge is -2.08. The van der Waals surface area contributed by atoms with Crippen molar-refractivity contribution >= 4 is 40.8 Å². The first kappa shape index (κ1) is 25.2. The Morgan fingerprint density at radius 3 is 2.03 bits per heavy atom. The second kappa shape index (κ2) is 10.5. The fourth-order valence-corrected chi connectivity index (χ4v) is 4.93. The predicted molar refractivity (Wildman–Crippen MR) is 155 cm³/mol. The van der Waals surface area contributed by atoms with Gasteiger partial charge in [-0.15, -0.1) is 0 Å². The Bertz CT molecular complexity index is 1640. The smallest absolute Gasteiger partial charge is 0.283 e. The van der Waals surface area contributed by atoms with Gasteiger partial charge in [0.15, 0.2) is 10.9 Å². The van der Waals surface area contributed by atoms with E-state index in [4.69, 9.17) is 4.99 Å². The van der Waals surface area contributed by atoms with E-state index >= 15 is 0 Å². The third kappa shape index (κ3) is 5.03. The number of thioether (sulfide) groups is 1. The van der Waals surface area contributed by atoms with Gasteiger partial charge < -0.3 is 0 Å². The molecule has 0 saturated carbocycles. The maximum atomic E-state index is 13.5. The van der Waals surface area contributed by atoms with Crippen LogP contribution in [-0.2, 0) is 11.8 Å². The number of rotatable bonds is 5. The van der Waals surface area contributed by atoms with Crippen LogP contribution in [0.15, 0.2) is 98.7 Å². The molecule has 0 atom stereocenters. The molecule has 0 spiro atoms.